The van der Waals surface area contributed by atoms with E-state index < -0.39 is 39.9 Å². The molecule has 136 valence electrons. The molecule has 0 unspecified atom stereocenters. The molecule has 0 aliphatic carbocycles. The molecule has 0 radical (unpaired) electrons. The van der Waals surface area contributed by atoms with E-state index >= 15 is 0 Å². The Kier molecular flexibility index (Phi) is 4.67. The first-order valence-electron chi connectivity index (χ1n) is 7.61. The molecule has 3 rings (SSSR count). The third-order valence-corrected chi connectivity index (χ3v) is 5.48. The van der Waals surface area contributed by atoms with Crippen molar-refractivity contribution in [2.24, 2.45) is 0 Å². The van der Waals surface area contributed by atoms with Crippen LogP contribution in [0.4, 0.5) is 10.1 Å². The summed E-state index contributed by atoms with van der Waals surface area (Å²) in [6, 6.07) is 2.62. The highest BCUT2D eigenvalue weighted by Gasteiger charge is 2.38. The average molecular weight is 371 g/mol. The lowest BCUT2D eigenvalue weighted by Gasteiger charge is -2.18. The van der Waals surface area contributed by atoms with Gasteiger partial charge >= 0.3 is 10.2 Å². The maximum absolute atomic E-state index is 15.0. The second kappa shape index (κ2) is 6.62. The van der Waals surface area contributed by atoms with Gasteiger partial charge in [-0.1, -0.05) is 6.08 Å². The van der Waals surface area contributed by atoms with Gasteiger partial charge in [-0.3, -0.25) is 4.79 Å². The summed E-state index contributed by atoms with van der Waals surface area (Å²) in [5.41, 5.74) is 0.294. The molecule has 25 heavy (non-hydrogen) atoms. The van der Waals surface area contributed by atoms with Crippen LogP contribution in [0.1, 0.15) is 12.0 Å². The summed E-state index contributed by atoms with van der Waals surface area (Å²) in [5.74, 6) is -2.23. The van der Waals surface area contributed by atoms with Crippen LogP contribution in [0, 0.1) is 5.82 Å². The quantitative estimate of drug-likeness (QED) is 0.678. The Hall–Kier alpha value is -2.17. The number of amides is 1. The van der Waals surface area contributed by atoms with Gasteiger partial charge in [-0.25, -0.2) is 13.4 Å². The van der Waals surface area contributed by atoms with Gasteiger partial charge < -0.3 is 15.2 Å². The Balaban J connectivity index is 1.98. The first-order valence-corrected chi connectivity index (χ1v) is 9.05. The van der Waals surface area contributed by atoms with E-state index in [-0.39, 0.29) is 11.6 Å². The molecule has 0 aromatic heterocycles. The van der Waals surface area contributed by atoms with Crippen molar-refractivity contribution in [1.82, 2.24) is 10.0 Å². The first-order chi connectivity index (χ1) is 11.8. The average Bonchev–Trinajstić information content (AvgIpc) is 3.09. The lowest BCUT2D eigenvalue weighted by molar-refractivity contribution is -0.117. The van der Waals surface area contributed by atoms with Crippen molar-refractivity contribution in [3.8, 4) is 5.75 Å². The third kappa shape index (κ3) is 3.32. The number of rotatable bonds is 5. The van der Waals surface area contributed by atoms with Crippen LogP contribution in [0.15, 0.2) is 18.2 Å². The molecule has 2 aliphatic rings. The van der Waals surface area contributed by atoms with E-state index in [0.29, 0.717) is 29.5 Å². The normalized spacial score (nSPS) is 22.2. The third-order valence-electron chi connectivity index (χ3n) is 4.10. The highest BCUT2D eigenvalue weighted by Crippen LogP contribution is 2.37. The van der Waals surface area contributed by atoms with Crippen molar-refractivity contribution in [2.75, 3.05) is 31.1 Å². The molecule has 0 spiro atoms. The summed E-state index contributed by atoms with van der Waals surface area (Å²) < 4.78 is 46.2. The first kappa shape index (κ1) is 17.6. The fraction of sp³-hybridized carbons (Fsp3) is 0.400. The van der Waals surface area contributed by atoms with Gasteiger partial charge in [0.25, 0.3) is 5.91 Å². The van der Waals surface area contributed by atoms with Crippen molar-refractivity contribution >= 4 is 27.4 Å². The fourth-order valence-corrected chi connectivity index (χ4v) is 4.07. The van der Waals surface area contributed by atoms with Crippen LogP contribution in [0.25, 0.3) is 5.57 Å². The minimum Gasteiger partial charge on any atom is -0.506 e. The molecular formula is C15H18FN3O5S. The molecule has 3 N–H and O–H groups in total. The molecule has 1 aromatic rings. The molecule has 2 heterocycles. The van der Waals surface area contributed by atoms with Crippen LogP contribution in [0.2, 0.25) is 0 Å². The molecule has 1 fully saturated rings. The van der Waals surface area contributed by atoms with Gasteiger partial charge in [0.05, 0.1) is 0 Å². The lowest BCUT2D eigenvalue weighted by Crippen LogP contribution is -2.30. The highest BCUT2D eigenvalue weighted by molar-refractivity contribution is 7.92. The van der Waals surface area contributed by atoms with Gasteiger partial charge in [-0.05, 0) is 24.1 Å². The Morgan fingerprint density at radius 3 is 2.84 bits per heavy atom. The second-order valence-electron chi connectivity index (χ2n) is 5.79. The SMILES string of the molecule is COCC[C@H]1C=C(c2ccc(O)c(N3CC(=O)NS3(=O)=O)c2F)CN1. The van der Waals surface area contributed by atoms with E-state index in [9.17, 15) is 22.7 Å². The van der Waals surface area contributed by atoms with E-state index in [2.05, 4.69) is 5.32 Å². The highest BCUT2D eigenvalue weighted by atomic mass is 32.2. The fourth-order valence-electron chi connectivity index (χ4n) is 2.90. The lowest BCUT2D eigenvalue weighted by atomic mass is 10.0. The van der Waals surface area contributed by atoms with Crippen molar-refractivity contribution < 1.29 is 27.4 Å². The maximum atomic E-state index is 15.0. The second-order valence-corrected chi connectivity index (χ2v) is 7.39. The van der Waals surface area contributed by atoms with E-state index in [1.165, 1.54) is 12.1 Å². The zero-order valence-electron chi connectivity index (χ0n) is 13.5. The molecule has 1 atom stereocenters. The summed E-state index contributed by atoms with van der Waals surface area (Å²) in [7, 11) is -2.62. The standard InChI is InChI=1S/C15H18FN3O5S/c1-24-5-4-10-6-9(7-17-10)11-2-3-12(20)15(14(11)16)19-8-13(21)18-25(19,22)23/h2-3,6,10,17,20H,4-5,7-8H2,1H3,(H,18,21)/t10-/m0/s1. The van der Waals surface area contributed by atoms with Gasteiger partial charge in [-0.15, -0.1) is 0 Å². The number of phenols is 1. The summed E-state index contributed by atoms with van der Waals surface area (Å²) in [4.78, 5) is 11.4. The van der Waals surface area contributed by atoms with Crippen LogP contribution in [-0.2, 0) is 19.7 Å². The Bertz CT molecular complexity index is 840. The zero-order chi connectivity index (χ0) is 18.2. The van der Waals surface area contributed by atoms with Gasteiger partial charge in [-0.2, -0.15) is 8.42 Å². The van der Waals surface area contributed by atoms with Gasteiger partial charge in [0.15, 0.2) is 5.82 Å². The minimum atomic E-state index is -4.22. The number of aromatic hydroxyl groups is 1. The molecule has 1 amide bonds. The summed E-state index contributed by atoms with van der Waals surface area (Å²) in [5, 5.41) is 13.2. The van der Waals surface area contributed by atoms with Crippen LogP contribution in [0.3, 0.4) is 0 Å². The number of hydrogen-bond acceptors (Lipinski definition) is 6. The number of carbonyl (C=O) groups excluding carboxylic acids is 1. The predicted molar refractivity (Wildman–Crippen MR) is 88.7 cm³/mol. The molecule has 0 bridgehead atoms. The monoisotopic (exact) mass is 371 g/mol. The molecule has 1 aromatic carbocycles. The summed E-state index contributed by atoms with van der Waals surface area (Å²) in [6.07, 6.45) is 2.56. The minimum absolute atomic E-state index is 0.0189. The molecule has 10 heteroatoms. The summed E-state index contributed by atoms with van der Waals surface area (Å²) >= 11 is 0. The number of phenolic OH excluding ortho intramolecular Hbond substituents is 1. The van der Waals surface area contributed by atoms with E-state index in [0.717, 1.165) is 0 Å². The molecular weight excluding hydrogens is 353 g/mol. The Morgan fingerprint density at radius 2 is 2.20 bits per heavy atom. The molecule has 2 aliphatic heterocycles. The smallest absolute Gasteiger partial charge is 0.326 e. The number of anilines is 1. The Labute approximate surface area is 144 Å². The van der Waals surface area contributed by atoms with Gasteiger partial charge in [0, 0.05) is 31.9 Å². The van der Waals surface area contributed by atoms with Crippen molar-refractivity contribution in [2.45, 2.75) is 12.5 Å². The van der Waals surface area contributed by atoms with Crippen LogP contribution >= 0.6 is 0 Å². The van der Waals surface area contributed by atoms with Crippen LogP contribution in [0.5, 0.6) is 5.75 Å². The molecule has 1 saturated heterocycles. The Morgan fingerprint density at radius 1 is 1.44 bits per heavy atom. The van der Waals surface area contributed by atoms with E-state index in [1.54, 1.807) is 11.8 Å². The number of methoxy groups -OCH3 is 1. The maximum Gasteiger partial charge on any atom is 0.326 e. The molecule has 8 nitrogen and oxygen atoms in total. The number of nitrogens with zero attached hydrogens (tertiary/aromatic N) is 1. The number of halogens is 1. The number of carbonyl (C=O) groups is 1. The van der Waals surface area contributed by atoms with Crippen molar-refractivity contribution in [3.05, 3.63) is 29.6 Å². The number of hydrogen-bond donors (Lipinski definition) is 3. The number of benzene rings is 1. The van der Waals surface area contributed by atoms with Crippen LogP contribution < -0.4 is 14.3 Å². The predicted octanol–water partition coefficient (Wildman–Crippen LogP) is 0.104. The molecule has 0 saturated carbocycles. The van der Waals surface area contributed by atoms with E-state index in [4.69, 9.17) is 4.74 Å². The summed E-state index contributed by atoms with van der Waals surface area (Å²) in [6.45, 7) is 0.369. The van der Waals surface area contributed by atoms with Gasteiger partial charge in [0.2, 0.25) is 0 Å². The largest absolute Gasteiger partial charge is 0.506 e. The van der Waals surface area contributed by atoms with Gasteiger partial charge in [0.1, 0.15) is 18.0 Å². The van der Waals surface area contributed by atoms with Crippen molar-refractivity contribution in [1.29, 1.82) is 0 Å². The van der Waals surface area contributed by atoms with Crippen molar-refractivity contribution in [3.63, 3.8) is 0 Å². The number of nitrogens with one attached hydrogen (secondary N) is 2. The topological polar surface area (TPSA) is 108 Å². The van der Waals surface area contributed by atoms with Crippen LogP contribution in [-0.4, -0.2) is 52.3 Å². The zero-order valence-corrected chi connectivity index (χ0v) is 14.3. The number of ether oxygens (including phenoxy) is 1. The van der Waals surface area contributed by atoms with E-state index in [1.807, 2.05) is 6.08 Å².